The van der Waals surface area contributed by atoms with Crippen LogP contribution in [0.15, 0.2) is 59.4 Å². The van der Waals surface area contributed by atoms with Gasteiger partial charge in [-0.25, -0.2) is 0 Å². The average Bonchev–Trinajstić information content (AvgIpc) is 3.02. The Labute approximate surface area is 146 Å². The molecule has 2 aromatic carbocycles. The normalized spacial score (nSPS) is 11.0. The van der Waals surface area contributed by atoms with E-state index in [1.54, 1.807) is 0 Å². The van der Waals surface area contributed by atoms with E-state index in [0.717, 1.165) is 16.1 Å². The molecule has 118 valence electrons. The first-order chi connectivity index (χ1) is 11.7. The second-order valence-electron chi connectivity index (χ2n) is 5.21. The topological polar surface area (TPSA) is 60.2 Å². The molecule has 0 radical (unpaired) electrons. The minimum absolute atomic E-state index is 0.259. The first-order valence-corrected chi connectivity index (χ1v) is 8.45. The molecule has 0 bridgehead atoms. The number of rotatable bonds is 3. The molecule has 4 rings (SSSR count). The van der Waals surface area contributed by atoms with Gasteiger partial charge < -0.3 is 0 Å². The number of nitrogens with zero attached hydrogens (tertiary/aromatic N) is 4. The summed E-state index contributed by atoms with van der Waals surface area (Å²) in [6, 6.07) is 16.8. The molecule has 0 aliphatic carbocycles. The molecule has 0 aliphatic rings. The molecule has 0 spiro atoms. The molecule has 24 heavy (non-hydrogen) atoms. The fourth-order valence-electron chi connectivity index (χ4n) is 2.38. The molecule has 2 aromatic heterocycles. The minimum atomic E-state index is -0.259. The molecular formula is C17H11ClN4OS. The van der Waals surface area contributed by atoms with E-state index in [9.17, 15) is 4.79 Å². The number of benzene rings is 2. The van der Waals surface area contributed by atoms with Crippen molar-refractivity contribution < 1.29 is 0 Å². The largest absolute Gasteiger partial charge is 0.302 e. The van der Waals surface area contributed by atoms with Gasteiger partial charge in [0.15, 0.2) is 5.69 Å². The predicted octanol–water partition coefficient (Wildman–Crippen LogP) is 3.46. The van der Waals surface area contributed by atoms with Crippen molar-refractivity contribution >= 4 is 27.9 Å². The highest BCUT2D eigenvalue weighted by atomic mass is 35.5. The van der Waals surface area contributed by atoms with Crippen molar-refractivity contribution in [1.82, 2.24) is 19.8 Å². The zero-order valence-corrected chi connectivity index (χ0v) is 14.0. The van der Waals surface area contributed by atoms with E-state index in [0.29, 0.717) is 22.1 Å². The summed E-state index contributed by atoms with van der Waals surface area (Å²) in [5.74, 6) is 0. The van der Waals surface area contributed by atoms with Gasteiger partial charge in [-0.3, -0.25) is 4.79 Å². The van der Waals surface area contributed by atoms with Crippen LogP contribution < -0.4 is 5.56 Å². The van der Waals surface area contributed by atoms with Crippen molar-refractivity contribution in [3.05, 3.63) is 80.5 Å². The van der Waals surface area contributed by atoms with Gasteiger partial charge in [-0.1, -0.05) is 65.4 Å². The third kappa shape index (κ3) is 2.81. The molecule has 5 nitrogen and oxygen atoms in total. The average molecular weight is 355 g/mol. The van der Waals surface area contributed by atoms with E-state index in [1.807, 2.05) is 54.6 Å². The Morgan fingerprint density at radius 1 is 1.00 bits per heavy atom. The van der Waals surface area contributed by atoms with Gasteiger partial charge in [0.05, 0.1) is 0 Å². The van der Waals surface area contributed by atoms with E-state index in [1.165, 1.54) is 15.9 Å². The van der Waals surface area contributed by atoms with Crippen LogP contribution in [0.5, 0.6) is 0 Å². The van der Waals surface area contributed by atoms with Gasteiger partial charge in [0.1, 0.15) is 5.01 Å². The van der Waals surface area contributed by atoms with Crippen molar-refractivity contribution in [3.63, 3.8) is 0 Å². The molecule has 7 heteroatoms. The monoisotopic (exact) mass is 354 g/mol. The van der Waals surface area contributed by atoms with Crippen molar-refractivity contribution in [2.75, 3.05) is 0 Å². The number of aromatic nitrogens is 4. The van der Waals surface area contributed by atoms with E-state index >= 15 is 0 Å². The quantitative estimate of drug-likeness (QED) is 0.565. The Bertz CT molecular complexity index is 1060. The summed E-state index contributed by atoms with van der Waals surface area (Å²) in [6.07, 6.45) is 0.616. The molecule has 0 unspecified atom stereocenters. The Morgan fingerprint density at radius 3 is 2.50 bits per heavy atom. The van der Waals surface area contributed by atoms with Gasteiger partial charge in [0.2, 0.25) is 4.96 Å². The Hall–Kier alpha value is -2.57. The van der Waals surface area contributed by atoms with Gasteiger partial charge in [-0.05, 0) is 17.7 Å². The summed E-state index contributed by atoms with van der Waals surface area (Å²) in [5.41, 5.74) is 1.85. The Morgan fingerprint density at radius 2 is 1.75 bits per heavy atom. The Balaban J connectivity index is 1.74. The third-order valence-electron chi connectivity index (χ3n) is 3.55. The van der Waals surface area contributed by atoms with Crippen LogP contribution >= 0.6 is 22.9 Å². The standard InChI is InChI=1S/C17H11ClN4OS/c18-13-8-6-11(7-9-13)10-14-21-22-16(23)15(19-20-17(22)24-14)12-4-2-1-3-5-12/h1-9H,10H2. The van der Waals surface area contributed by atoms with Gasteiger partial charge in [0.25, 0.3) is 0 Å². The fraction of sp³-hybridized carbons (Fsp3) is 0.0588. The van der Waals surface area contributed by atoms with Crippen LogP contribution in [0.1, 0.15) is 10.6 Å². The Kier molecular flexibility index (Phi) is 3.84. The van der Waals surface area contributed by atoms with Crippen LogP contribution in [0.2, 0.25) is 5.02 Å². The summed E-state index contributed by atoms with van der Waals surface area (Å²) < 4.78 is 1.32. The summed E-state index contributed by atoms with van der Waals surface area (Å²) in [5, 5.41) is 14.1. The maximum atomic E-state index is 12.6. The van der Waals surface area contributed by atoms with E-state index < -0.39 is 0 Å². The molecule has 0 saturated heterocycles. The van der Waals surface area contributed by atoms with Gasteiger partial charge in [-0.15, -0.1) is 10.2 Å². The van der Waals surface area contributed by atoms with Gasteiger partial charge in [-0.2, -0.15) is 9.61 Å². The van der Waals surface area contributed by atoms with Crippen LogP contribution in [-0.4, -0.2) is 19.8 Å². The molecule has 0 amide bonds. The predicted molar refractivity (Wildman–Crippen MR) is 94.6 cm³/mol. The summed E-state index contributed by atoms with van der Waals surface area (Å²) in [6.45, 7) is 0. The smallest absolute Gasteiger partial charge is 0.265 e. The van der Waals surface area contributed by atoms with E-state index in [-0.39, 0.29) is 5.56 Å². The number of hydrogen-bond acceptors (Lipinski definition) is 5. The molecule has 4 aromatic rings. The van der Waals surface area contributed by atoms with Crippen LogP contribution in [-0.2, 0) is 6.42 Å². The lowest BCUT2D eigenvalue weighted by Gasteiger charge is -1.98. The minimum Gasteiger partial charge on any atom is -0.265 e. The highest BCUT2D eigenvalue weighted by Crippen LogP contribution is 2.18. The van der Waals surface area contributed by atoms with Crippen molar-refractivity contribution in [3.8, 4) is 11.3 Å². The van der Waals surface area contributed by atoms with Crippen LogP contribution in [0.4, 0.5) is 0 Å². The summed E-state index contributed by atoms with van der Waals surface area (Å²) in [7, 11) is 0. The third-order valence-corrected chi connectivity index (χ3v) is 4.70. The van der Waals surface area contributed by atoms with Crippen LogP contribution in [0.25, 0.3) is 16.2 Å². The maximum Gasteiger partial charge on any atom is 0.302 e. The number of hydrogen-bond donors (Lipinski definition) is 0. The highest BCUT2D eigenvalue weighted by Gasteiger charge is 2.13. The lowest BCUT2D eigenvalue weighted by molar-refractivity contribution is 0.837. The second-order valence-corrected chi connectivity index (χ2v) is 6.69. The lowest BCUT2D eigenvalue weighted by atomic mass is 10.2. The zero-order chi connectivity index (χ0) is 16.5. The molecule has 0 N–H and O–H groups in total. The molecule has 2 heterocycles. The zero-order valence-electron chi connectivity index (χ0n) is 12.4. The van der Waals surface area contributed by atoms with E-state index in [4.69, 9.17) is 11.6 Å². The highest BCUT2D eigenvalue weighted by molar-refractivity contribution is 7.16. The molecule has 0 fully saturated rings. The molecular weight excluding hydrogens is 344 g/mol. The summed E-state index contributed by atoms with van der Waals surface area (Å²) >= 11 is 7.26. The molecule has 0 saturated carbocycles. The van der Waals surface area contributed by atoms with Crippen molar-refractivity contribution in [2.24, 2.45) is 0 Å². The maximum absolute atomic E-state index is 12.6. The number of halogens is 1. The molecule has 0 atom stereocenters. The fourth-order valence-corrected chi connectivity index (χ4v) is 3.37. The van der Waals surface area contributed by atoms with Crippen molar-refractivity contribution in [2.45, 2.75) is 6.42 Å². The first kappa shape index (κ1) is 15.0. The van der Waals surface area contributed by atoms with Crippen LogP contribution in [0.3, 0.4) is 0 Å². The van der Waals surface area contributed by atoms with E-state index in [2.05, 4.69) is 15.3 Å². The number of fused-ring (bicyclic) bond motifs is 1. The molecule has 0 aliphatic heterocycles. The SMILES string of the molecule is O=c1c(-c2ccccc2)nnc2sc(Cc3ccc(Cl)cc3)nn12. The first-order valence-electron chi connectivity index (χ1n) is 7.26. The van der Waals surface area contributed by atoms with Crippen LogP contribution in [0, 0.1) is 0 Å². The van der Waals surface area contributed by atoms with Gasteiger partial charge >= 0.3 is 5.56 Å². The summed E-state index contributed by atoms with van der Waals surface area (Å²) in [4.78, 5) is 13.1. The van der Waals surface area contributed by atoms with Crippen molar-refractivity contribution in [1.29, 1.82) is 0 Å². The van der Waals surface area contributed by atoms with Gasteiger partial charge in [0, 0.05) is 17.0 Å². The lowest BCUT2D eigenvalue weighted by Crippen LogP contribution is -2.19. The second kappa shape index (κ2) is 6.14.